The van der Waals surface area contributed by atoms with Crippen LogP contribution in [0.1, 0.15) is 41.6 Å². The SMILES string of the molecule is Cc1ccc(NC(=O)C2(N)CCCC2)cc1C(N)=O. The Hall–Kier alpha value is -1.88. The summed E-state index contributed by atoms with van der Waals surface area (Å²) in [4.78, 5) is 23.4. The van der Waals surface area contributed by atoms with Gasteiger partial charge in [-0.2, -0.15) is 0 Å². The lowest BCUT2D eigenvalue weighted by Crippen LogP contribution is -2.48. The molecule has 1 aromatic carbocycles. The lowest BCUT2D eigenvalue weighted by atomic mass is 9.98. The van der Waals surface area contributed by atoms with Crippen molar-refractivity contribution < 1.29 is 9.59 Å². The molecule has 19 heavy (non-hydrogen) atoms. The molecule has 0 radical (unpaired) electrons. The number of aryl methyl sites for hydroxylation is 1. The van der Waals surface area contributed by atoms with Crippen LogP contribution < -0.4 is 16.8 Å². The van der Waals surface area contributed by atoms with E-state index in [-0.39, 0.29) is 5.91 Å². The van der Waals surface area contributed by atoms with Crippen LogP contribution in [-0.2, 0) is 4.79 Å². The standard InChI is InChI=1S/C14H19N3O2/c1-9-4-5-10(8-11(9)12(15)18)17-13(19)14(16)6-2-3-7-14/h4-5,8H,2-3,6-7,16H2,1H3,(H2,15,18)(H,17,19). The lowest BCUT2D eigenvalue weighted by Gasteiger charge is -2.22. The van der Waals surface area contributed by atoms with Crippen molar-refractivity contribution in [1.29, 1.82) is 0 Å². The number of rotatable bonds is 3. The molecule has 1 saturated carbocycles. The zero-order chi connectivity index (χ0) is 14.0. The minimum Gasteiger partial charge on any atom is -0.366 e. The molecule has 0 aliphatic heterocycles. The quantitative estimate of drug-likeness (QED) is 0.765. The Bertz CT molecular complexity index is 519. The van der Waals surface area contributed by atoms with E-state index in [2.05, 4.69) is 5.32 Å². The predicted molar refractivity (Wildman–Crippen MR) is 73.7 cm³/mol. The molecule has 1 fully saturated rings. The van der Waals surface area contributed by atoms with Crippen LogP contribution in [0.3, 0.4) is 0 Å². The number of nitrogens with one attached hydrogen (secondary N) is 1. The van der Waals surface area contributed by atoms with Gasteiger partial charge in [-0.1, -0.05) is 18.9 Å². The summed E-state index contributed by atoms with van der Waals surface area (Å²) in [5.74, 6) is -0.693. The molecule has 2 rings (SSSR count). The van der Waals surface area contributed by atoms with Gasteiger partial charge in [0.05, 0.1) is 5.54 Å². The van der Waals surface area contributed by atoms with E-state index in [1.807, 2.05) is 0 Å². The highest BCUT2D eigenvalue weighted by atomic mass is 16.2. The Morgan fingerprint density at radius 3 is 2.47 bits per heavy atom. The number of nitrogens with two attached hydrogens (primary N) is 2. The topological polar surface area (TPSA) is 98.2 Å². The number of primary amides is 1. The van der Waals surface area contributed by atoms with E-state index in [0.29, 0.717) is 24.1 Å². The normalized spacial score (nSPS) is 17.2. The highest BCUT2D eigenvalue weighted by Crippen LogP contribution is 2.28. The number of benzene rings is 1. The Balaban J connectivity index is 2.17. The average molecular weight is 261 g/mol. The maximum Gasteiger partial charge on any atom is 0.249 e. The van der Waals surface area contributed by atoms with Crippen molar-refractivity contribution in [1.82, 2.24) is 0 Å². The van der Waals surface area contributed by atoms with Gasteiger partial charge in [0, 0.05) is 11.3 Å². The van der Waals surface area contributed by atoms with Gasteiger partial charge in [-0.25, -0.2) is 0 Å². The monoisotopic (exact) mass is 261 g/mol. The van der Waals surface area contributed by atoms with Crippen molar-refractivity contribution in [2.24, 2.45) is 11.5 Å². The second kappa shape index (κ2) is 5.01. The van der Waals surface area contributed by atoms with Gasteiger partial charge < -0.3 is 16.8 Å². The van der Waals surface area contributed by atoms with Crippen molar-refractivity contribution >= 4 is 17.5 Å². The summed E-state index contributed by atoms with van der Waals surface area (Å²) in [6.07, 6.45) is 3.36. The summed E-state index contributed by atoms with van der Waals surface area (Å²) in [5.41, 5.74) is 12.3. The highest BCUT2D eigenvalue weighted by Gasteiger charge is 2.36. The van der Waals surface area contributed by atoms with Gasteiger partial charge in [-0.05, 0) is 37.5 Å². The fourth-order valence-electron chi connectivity index (χ4n) is 2.45. The van der Waals surface area contributed by atoms with E-state index in [9.17, 15) is 9.59 Å². The predicted octanol–water partition coefficient (Wildman–Crippen LogP) is 1.30. The minimum atomic E-state index is -0.780. The van der Waals surface area contributed by atoms with E-state index in [1.54, 1.807) is 25.1 Å². The van der Waals surface area contributed by atoms with Crippen molar-refractivity contribution in [3.8, 4) is 0 Å². The zero-order valence-corrected chi connectivity index (χ0v) is 11.0. The molecule has 0 bridgehead atoms. The van der Waals surface area contributed by atoms with E-state index in [0.717, 1.165) is 18.4 Å². The number of hydrogen-bond acceptors (Lipinski definition) is 3. The Kier molecular flexibility index (Phi) is 3.57. The summed E-state index contributed by atoms with van der Waals surface area (Å²) < 4.78 is 0. The molecule has 0 saturated heterocycles. The van der Waals surface area contributed by atoms with Crippen molar-refractivity contribution in [3.63, 3.8) is 0 Å². The van der Waals surface area contributed by atoms with Crippen LogP contribution in [-0.4, -0.2) is 17.4 Å². The average Bonchev–Trinajstić information content (AvgIpc) is 2.79. The zero-order valence-electron chi connectivity index (χ0n) is 11.0. The van der Waals surface area contributed by atoms with Crippen LogP contribution in [0.25, 0.3) is 0 Å². The van der Waals surface area contributed by atoms with Gasteiger partial charge in [0.15, 0.2) is 0 Å². The van der Waals surface area contributed by atoms with Gasteiger partial charge in [-0.3, -0.25) is 9.59 Å². The third-order valence-corrected chi connectivity index (χ3v) is 3.71. The van der Waals surface area contributed by atoms with Crippen LogP contribution in [0.4, 0.5) is 5.69 Å². The van der Waals surface area contributed by atoms with Crippen LogP contribution in [0, 0.1) is 6.92 Å². The van der Waals surface area contributed by atoms with Crippen LogP contribution in [0.2, 0.25) is 0 Å². The molecule has 2 amide bonds. The Labute approximate surface area is 112 Å². The molecule has 0 heterocycles. The van der Waals surface area contributed by atoms with Gasteiger partial charge >= 0.3 is 0 Å². The summed E-state index contributed by atoms with van der Waals surface area (Å²) in [5, 5.41) is 2.78. The molecule has 5 N–H and O–H groups in total. The molecule has 0 spiro atoms. The van der Waals surface area contributed by atoms with Gasteiger partial charge in [0.2, 0.25) is 11.8 Å². The van der Waals surface area contributed by atoms with E-state index >= 15 is 0 Å². The van der Waals surface area contributed by atoms with Crippen LogP contribution in [0.15, 0.2) is 18.2 Å². The third kappa shape index (κ3) is 2.76. The molecule has 1 aliphatic rings. The molecule has 5 heteroatoms. The Morgan fingerprint density at radius 2 is 1.89 bits per heavy atom. The molecule has 1 aliphatic carbocycles. The molecular weight excluding hydrogens is 242 g/mol. The fraction of sp³-hybridized carbons (Fsp3) is 0.429. The summed E-state index contributed by atoms with van der Waals surface area (Å²) in [6.45, 7) is 1.80. The smallest absolute Gasteiger partial charge is 0.249 e. The first kappa shape index (κ1) is 13.5. The maximum atomic E-state index is 12.2. The number of carbonyl (C=O) groups excluding carboxylic acids is 2. The van der Waals surface area contributed by atoms with Gasteiger partial charge in [0.25, 0.3) is 0 Å². The number of carbonyl (C=O) groups is 2. The van der Waals surface area contributed by atoms with E-state index in [1.165, 1.54) is 0 Å². The second-order valence-electron chi connectivity index (χ2n) is 5.21. The van der Waals surface area contributed by atoms with Gasteiger partial charge in [-0.15, -0.1) is 0 Å². The first-order chi connectivity index (χ1) is 8.92. The number of anilines is 1. The lowest BCUT2D eigenvalue weighted by molar-refractivity contribution is -0.121. The van der Waals surface area contributed by atoms with E-state index in [4.69, 9.17) is 11.5 Å². The molecule has 102 valence electrons. The molecular formula is C14H19N3O2. The van der Waals surface area contributed by atoms with Crippen molar-refractivity contribution in [2.75, 3.05) is 5.32 Å². The van der Waals surface area contributed by atoms with Crippen LogP contribution in [0.5, 0.6) is 0 Å². The second-order valence-corrected chi connectivity index (χ2v) is 5.21. The fourth-order valence-corrected chi connectivity index (χ4v) is 2.45. The van der Waals surface area contributed by atoms with Crippen LogP contribution >= 0.6 is 0 Å². The van der Waals surface area contributed by atoms with Crippen molar-refractivity contribution in [2.45, 2.75) is 38.1 Å². The largest absolute Gasteiger partial charge is 0.366 e. The van der Waals surface area contributed by atoms with E-state index < -0.39 is 11.4 Å². The maximum absolute atomic E-state index is 12.2. The minimum absolute atomic E-state index is 0.190. The molecule has 5 nitrogen and oxygen atoms in total. The summed E-state index contributed by atoms with van der Waals surface area (Å²) >= 11 is 0. The Morgan fingerprint density at radius 1 is 1.26 bits per heavy atom. The molecule has 0 atom stereocenters. The number of amides is 2. The number of hydrogen-bond donors (Lipinski definition) is 3. The summed E-state index contributed by atoms with van der Waals surface area (Å²) in [7, 11) is 0. The molecule has 1 aromatic rings. The molecule has 0 unspecified atom stereocenters. The van der Waals surface area contributed by atoms with Crippen molar-refractivity contribution in [3.05, 3.63) is 29.3 Å². The first-order valence-electron chi connectivity index (χ1n) is 6.43. The highest BCUT2D eigenvalue weighted by molar-refractivity contribution is 6.00. The molecule has 0 aromatic heterocycles. The third-order valence-electron chi connectivity index (χ3n) is 3.71. The van der Waals surface area contributed by atoms with Gasteiger partial charge in [0.1, 0.15) is 0 Å². The summed E-state index contributed by atoms with van der Waals surface area (Å²) in [6, 6.07) is 5.10. The first-order valence-corrected chi connectivity index (χ1v) is 6.43.